The third kappa shape index (κ3) is 6.47. The number of rotatable bonds is 12. The maximum absolute atomic E-state index is 13.1. The molecule has 2 aromatic heterocycles. The first-order valence-electron chi connectivity index (χ1n) is 11.9. The Hall–Kier alpha value is -5.00. The van der Waals surface area contributed by atoms with Crippen molar-refractivity contribution in [2.24, 2.45) is 0 Å². The predicted molar refractivity (Wildman–Crippen MR) is 143 cm³/mol. The Bertz CT molecular complexity index is 1390. The zero-order valence-electron chi connectivity index (χ0n) is 22.3. The maximum Gasteiger partial charge on any atom is 0.255 e. The summed E-state index contributed by atoms with van der Waals surface area (Å²) < 4.78 is 28.5. The van der Waals surface area contributed by atoms with Crippen molar-refractivity contribution >= 4 is 17.4 Å². The van der Waals surface area contributed by atoms with Crippen LogP contribution in [0, 0.1) is 0 Å². The van der Waals surface area contributed by atoms with Gasteiger partial charge in [-0.3, -0.25) is 4.79 Å². The van der Waals surface area contributed by atoms with Gasteiger partial charge in [-0.25, -0.2) is 9.67 Å². The lowest BCUT2D eigenvalue weighted by Gasteiger charge is -2.16. The van der Waals surface area contributed by atoms with E-state index >= 15 is 0 Å². The summed E-state index contributed by atoms with van der Waals surface area (Å²) in [5.41, 5.74) is 2.49. The molecule has 2 heterocycles. The highest BCUT2D eigenvalue weighted by Gasteiger charge is 2.17. The molecule has 4 rings (SSSR count). The monoisotopic (exact) mass is 534 g/mol. The van der Waals surface area contributed by atoms with Crippen molar-refractivity contribution in [3.63, 3.8) is 0 Å². The second kappa shape index (κ2) is 12.5. The standard InChI is InChI=1S/C27H30N6O6/c1-35-20-9-17(10-21(13-20)36-2)15-33-16-19(31-32-33)14-29-27(34)22-7-6-8-28-26(22)30-18-11-23(37-3)25(39-5)24(12-18)38-4/h6-13,16H,14-15H2,1-5H3,(H,28,30)(H,29,34). The van der Waals surface area contributed by atoms with Crippen LogP contribution in [0.25, 0.3) is 0 Å². The lowest BCUT2D eigenvalue weighted by Crippen LogP contribution is -2.24. The van der Waals surface area contributed by atoms with Crippen molar-refractivity contribution in [1.29, 1.82) is 0 Å². The summed E-state index contributed by atoms with van der Waals surface area (Å²) in [5, 5.41) is 14.4. The lowest BCUT2D eigenvalue weighted by atomic mass is 10.2. The van der Waals surface area contributed by atoms with Crippen molar-refractivity contribution in [2.45, 2.75) is 13.1 Å². The van der Waals surface area contributed by atoms with E-state index in [0.29, 0.717) is 58.1 Å². The van der Waals surface area contributed by atoms with E-state index in [1.165, 1.54) is 21.3 Å². The summed E-state index contributed by atoms with van der Waals surface area (Å²) in [6, 6.07) is 12.4. The average molecular weight is 535 g/mol. The third-order valence-corrected chi connectivity index (χ3v) is 5.75. The highest BCUT2D eigenvalue weighted by molar-refractivity contribution is 5.99. The van der Waals surface area contributed by atoms with Crippen LogP contribution in [0.15, 0.2) is 54.9 Å². The molecule has 12 heteroatoms. The third-order valence-electron chi connectivity index (χ3n) is 5.75. The second-order valence-corrected chi connectivity index (χ2v) is 8.25. The Morgan fingerprint density at radius 2 is 1.59 bits per heavy atom. The van der Waals surface area contributed by atoms with Crippen LogP contribution >= 0.6 is 0 Å². The number of carbonyl (C=O) groups excluding carboxylic acids is 1. The number of carbonyl (C=O) groups is 1. The number of methoxy groups -OCH3 is 5. The van der Waals surface area contributed by atoms with Crippen molar-refractivity contribution < 1.29 is 28.5 Å². The zero-order valence-corrected chi connectivity index (χ0v) is 22.3. The molecule has 0 aliphatic carbocycles. The molecule has 0 saturated heterocycles. The van der Waals surface area contributed by atoms with Gasteiger partial charge in [-0.1, -0.05) is 5.21 Å². The van der Waals surface area contributed by atoms with E-state index in [2.05, 4.69) is 25.9 Å². The van der Waals surface area contributed by atoms with Crippen molar-refractivity contribution in [2.75, 3.05) is 40.9 Å². The number of hydrogen-bond acceptors (Lipinski definition) is 10. The van der Waals surface area contributed by atoms with E-state index in [0.717, 1.165) is 5.56 Å². The summed E-state index contributed by atoms with van der Waals surface area (Å²) in [6.07, 6.45) is 3.36. The van der Waals surface area contributed by atoms with Crippen LogP contribution in [0.3, 0.4) is 0 Å². The number of ether oxygens (including phenoxy) is 5. The lowest BCUT2D eigenvalue weighted by molar-refractivity contribution is 0.0951. The summed E-state index contributed by atoms with van der Waals surface area (Å²) >= 11 is 0. The van der Waals surface area contributed by atoms with E-state index in [1.807, 2.05) is 12.1 Å². The Balaban J connectivity index is 1.44. The first-order valence-corrected chi connectivity index (χ1v) is 11.9. The van der Waals surface area contributed by atoms with Gasteiger partial charge >= 0.3 is 0 Å². The molecular formula is C27H30N6O6. The van der Waals surface area contributed by atoms with Gasteiger partial charge in [-0.15, -0.1) is 5.10 Å². The predicted octanol–water partition coefficient (Wildman–Crippen LogP) is 3.44. The quantitative estimate of drug-likeness (QED) is 0.279. The van der Waals surface area contributed by atoms with Crippen LogP contribution < -0.4 is 34.3 Å². The van der Waals surface area contributed by atoms with Gasteiger partial charge in [0.1, 0.15) is 23.0 Å². The van der Waals surface area contributed by atoms with Crippen LogP contribution in [0.2, 0.25) is 0 Å². The van der Waals surface area contributed by atoms with E-state index in [1.54, 1.807) is 61.6 Å². The highest BCUT2D eigenvalue weighted by atomic mass is 16.5. The van der Waals surface area contributed by atoms with Gasteiger partial charge in [0.25, 0.3) is 5.91 Å². The first kappa shape index (κ1) is 27.0. The summed E-state index contributed by atoms with van der Waals surface area (Å²) in [7, 11) is 7.80. The fourth-order valence-electron chi connectivity index (χ4n) is 3.89. The number of anilines is 2. The average Bonchev–Trinajstić information content (AvgIpc) is 3.42. The van der Waals surface area contributed by atoms with Crippen molar-refractivity contribution in [3.05, 3.63) is 71.7 Å². The molecule has 0 unspecified atom stereocenters. The molecule has 0 spiro atoms. The van der Waals surface area contributed by atoms with Gasteiger partial charge in [-0.2, -0.15) is 0 Å². The molecule has 2 N–H and O–H groups in total. The van der Waals surface area contributed by atoms with E-state index in [9.17, 15) is 4.79 Å². The number of pyridine rings is 1. The highest BCUT2D eigenvalue weighted by Crippen LogP contribution is 2.40. The number of benzene rings is 2. The summed E-state index contributed by atoms with van der Waals surface area (Å²) in [5.74, 6) is 2.80. The molecule has 39 heavy (non-hydrogen) atoms. The number of nitrogens with zero attached hydrogens (tertiary/aromatic N) is 4. The fourth-order valence-corrected chi connectivity index (χ4v) is 3.89. The normalized spacial score (nSPS) is 10.5. The molecule has 0 saturated carbocycles. The molecule has 0 aliphatic rings. The first-order chi connectivity index (χ1) is 19.0. The second-order valence-electron chi connectivity index (χ2n) is 8.25. The molecule has 12 nitrogen and oxygen atoms in total. The Kier molecular flexibility index (Phi) is 8.67. The Labute approximate surface area is 225 Å². The number of amides is 1. The molecular weight excluding hydrogens is 504 g/mol. The molecule has 0 fully saturated rings. The summed E-state index contributed by atoms with van der Waals surface area (Å²) in [6.45, 7) is 0.638. The van der Waals surface area contributed by atoms with Crippen LogP contribution in [0.4, 0.5) is 11.5 Å². The van der Waals surface area contributed by atoms with Crippen LogP contribution in [-0.4, -0.2) is 61.4 Å². The van der Waals surface area contributed by atoms with E-state index in [-0.39, 0.29) is 12.5 Å². The van der Waals surface area contributed by atoms with E-state index < -0.39 is 0 Å². The molecule has 1 amide bonds. The minimum absolute atomic E-state index is 0.179. The minimum atomic E-state index is -0.329. The minimum Gasteiger partial charge on any atom is -0.497 e. The van der Waals surface area contributed by atoms with Gasteiger partial charge in [0.15, 0.2) is 11.5 Å². The van der Waals surface area contributed by atoms with Gasteiger partial charge in [-0.05, 0) is 29.8 Å². The molecule has 4 aromatic rings. The molecule has 2 aromatic carbocycles. The molecule has 0 radical (unpaired) electrons. The van der Waals surface area contributed by atoms with Crippen LogP contribution in [-0.2, 0) is 13.1 Å². The van der Waals surface area contributed by atoms with Gasteiger partial charge < -0.3 is 34.3 Å². The topological polar surface area (TPSA) is 131 Å². The van der Waals surface area contributed by atoms with Crippen LogP contribution in [0.1, 0.15) is 21.6 Å². The molecule has 0 bridgehead atoms. The zero-order chi connectivity index (χ0) is 27.8. The maximum atomic E-state index is 13.1. The fraction of sp³-hybridized carbons (Fsp3) is 0.259. The van der Waals surface area contributed by atoms with Gasteiger partial charge in [0.05, 0.1) is 60.4 Å². The summed E-state index contributed by atoms with van der Waals surface area (Å²) in [4.78, 5) is 17.4. The molecule has 0 atom stereocenters. The van der Waals surface area contributed by atoms with E-state index in [4.69, 9.17) is 23.7 Å². The smallest absolute Gasteiger partial charge is 0.255 e. The largest absolute Gasteiger partial charge is 0.497 e. The molecule has 204 valence electrons. The van der Waals surface area contributed by atoms with Crippen molar-refractivity contribution in [3.8, 4) is 28.7 Å². The SMILES string of the molecule is COc1cc(Cn2cc(CNC(=O)c3cccnc3Nc3cc(OC)c(OC)c(OC)c3)nn2)cc(OC)c1. The Morgan fingerprint density at radius 3 is 2.21 bits per heavy atom. The Morgan fingerprint density at radius 1 is 0.897 bits per heavy atom. The van der Waals surface area contributed by atoms with Gasteiger partial charge in [0, 0.05) is 30.1 Å². The molecule has 0 aliphatic heterocycles. The number of nitrogens with one attached hydrogen (secondary N) is 2. The van der Waals surface area contributed by atoms with Gasteiger partial charge in [0.2, 0.25) is 5.75 Å². The van der Waals surface area contributed by atoms with Crippen LogP contribution in [0.5, 0.6) is 28.7 Å². The number of aromatic nitrogens is 4. The number of hydrogen-bond donors (Lipinski definition) is 2. The van der Waals surface area contributed by atoms with Crippen molar-refractivity contribution in [1.82, 2.24) is 25.3 Å².